The molecular formula is C19H30N4O. The minimum atomic E-state index is 0.106. The lowest BCUT2D eigenvalue weighted by Gasteiger charge is -2.37. The highest BCUT2D eigenvalue weighted by Gasteiger charge is 2.26. The standard InChI is InChI=1S/C19H30N4O/c1-3-16-6-4-5-15(2)19(16)21-18(24)14-22-9-11-23(12-10-22)17-7-8-20-13-17/h4-6,17,20H,3,7-14H2,1-2H3,(H,21,24). The molecule has 1 amide bonds. The van der Waals surface area contributed by atoms with E-state index in [2.05, 4.69) is 52.5 Å². The molecule has 24 heavy (non-hydrogen) atoms. The molecule has 0 aliphatic carbocycles. The average molecular weight is 330 g/mol. The summed E-state index contributed by atoms with van der Waals surface area (Å²) >= 11 is 0. The molecule has 2 fully saturated rings. The Balaban J connectivity index is 1.49. The number of aryl methyl sites for hydroxylation is 2. The van der Waals surface area contributed by atoms with Crippen LogP contribution in [0.1, 0.15) is 24.5 Å². The molecule has 0 aromatic heterocycles. The second-order valence-corrected chi connectivity index (χ2v) is 6.97. The topological polar surface area (TPSA) is 47.6 Å². The number of anilines is 1. The van der Waals surface area contributed by atoms with Gasteiger partial charge in [0, 0.05) is 44.5 Å². The maximum absolute atomic E-state index is 12.5. The summed E-state index contributed by atoms with van der Waals surface area (Å²) < 4.78 is 0. The third kappa shape index (κ3) is 4.15. The summed E-state index contributed by atoms with van der Waals surface area (Å²) in [6, 6.07) is 6.90. The Hall–Kier alpha value is -1.43. The van der Waals surface area contributed by atoms with Crippen LogP contribution in [-0.4, -0.2) is 67.6 Å². The van der Waals surface area contributed by atoms with Gasteiger partial charge in [-0.15, -0.1) is 0 Å². The Kier molecular flexibility index (Phi) is 5.87. The van der Waals surface area contributed by atoms with Crippen molar-refractivity contribution in [2.45, 2.75) is 32.7 Å². The van der Waals surface area contributed by atoms with E-state index in [4.69, 9.17) is 0 Å². The number of nitrogens with one attached hydrogen (secondary N) is 2. The predicted octanol–water partition coefficient (Wildman–Crippen LogP) is 1.48. The van der Waals surface area contributed by atoms with Crippen molar-refractivity contribution in [1.82, 2.24) is 15.1 Å². The van der Waals surface area contributed by atoms with Gasteiger partial charge in [0.1, 0.15) is 0 Å². The van der Waals surface area contributed by atoms with Gasteiger partial charge in [0.2, 0.25) is 5.91 Å². The van der Waals surface area contributed by atoms with Crippen molar-refractivity contribution in [2.24, 2.45) is 0 Å². The van der Waals surface area contributed by atoms with Crippen molar-refractivity contribution in [3.05, 3.63) is 29.3 Å². The SMILES string of the molecule is CCc1cccc(C)c1NC(=O)CN1CCN(C2CCNC2)CC1. The minimum absolute atomic E-state index is 0.106. The molecule has 5 heteroatoms. The highest BCUT2D eigenvalue weighted by molar-refractivity contribution is 5.93. The van der Waals surface area contributed by atoms with Crippen LogP contribution in [0.3, 0.4) is 0 Å². The lowest BCUT2D eigenvalue weighted by Crippen LogP contribution is -2.52. The molecule has 0 spiro atoms. The number of benzene rings is 1. The number of piperazine rings is 1. The molecule has 1 aromatic rings. The molecule has 0 saturated carbocycles. The van der Waals surface area contributed by atoms with E-state index in [1.165, 1.54) is 12.0 Å². The van der Waals surface area contributed by atoms with Gasteiger partial charge in [0.25, 0.3) is 0 Å². The zero-order valence-corrected chi connectivity index (χ0v) is 15.0. The van der Waals surface area contributed by atoms with Crippen LogP contribution in [0.15, 0.2) is 18.2 Å². The lowest BCUT2D eigenvalue weighted by molar-refractivity contribution is -0.117. The molecule has 2 N–H and O–H groups in total. The van der Waals surface area contributed by atoms with Gasteiger partial charge >= 0.3 is 0 Å². The quantitative estimate of drug-likeness (QED) is 0.858. The summed E-state index contributed by atoms with van der Waals surface area (Å²) in [6.07, 6.45) is 2.19. The zero-order chi connectivity index (χ0) is 16.9. The van der Waals surface area contributed by atoms with Crippen LogP contribution in [0.25, 0.3) is 0 Å². The van der Waals surface area contributed by atoms with E-state index >= 15 is 0 Å². The molecule has 0 radical (unpaired) electrons. The largest absolute Gasteiger partial charge is 0.324 e. The van der Waals surface area contributed by atoms with Crippen molar-refractivity contribution < 1.29 is 4.79 Å². The number of amides is 1. The fourth-order valence-electron chi connectivity index (χ4n) is 3.82. The summed E-state index contributed by atoms with van der Waals surface area (Å²) in [5.74, 6) is 0.106. The first-order chi connectivity index (χ1) is 11.7. The van der Waals surface area contributed by atoms with E-state index in [-0.39, 0.29) is 5.91 Å². The molecule has 132 valence electrons. The first-order valence-electron chi connectivity index (χ1n) is 9.23. The van der Waals surface area contributed by atoms with E-state index in [0.29, 0.717) is 12.6 Å². The van der Waals surface area contributed by atoms with Crippen LogP contribution in [-0.2, 0) is 11.2 Å². The predicted molar refractivity (Wildman–Crippen MR) is 98.5 cm³/mol. The minimum Gasteiger partial charge on any atom is -0.324 e. The Bertz CT molecular complexity index is 560. The van der Waals surface area contributed by atoms with Gasteiger partial charge in [-0.3, -0.25) is 14.6 Å². The fourth-order valence-corrected chi connectivity index (χ4v) is 3.82. The van der Waals surface area contributed by atoms with Crippen molar-refractivity contribution >= 4 is 11.6 Å². The molecule has 2 aliphatic rings. The smallest absolute Gasteiger partial charge is 0.238 e. The van der Waals surface area contributed by atoms with Gasteiger partial charge < -0.3 is 10.6 Å². The van der Waals surface area contributed by atoms with Crippen LogP contribution < -0.4 is 10.6 Å². The normalized spacial score (nSPS) is 22.7. The maximum atomic E-state index is 12.5. The Morgan fingerprint density at radius 3 is 2.75 bits per heavy atom. The zero-order valence-electron chi connectivity index (χ0n) is 15.0. The van der Waals surface area contributed by atoms with Crippen LogP contribution >= 0.6 is 0 Å². The second-order valence-electron chi connectivity index (χ2n) is 6.97. The van der Waals surface area contributed by atoms with Crippen molar-refractivity contribution in [2.75, 3.05) is 51.1 Å². The van der Waals surface area contributed by atoms with Crippen LogP contribution in [0.2, 0.25) is 0 Å². The average Bonchev–Trinajstić information content (AvgIpc) is 3.12. The first-order valence-corrected chi connectivity index (χ1v) is 9.23. The maximum Gasteiger partial charge on any atom is 0.238 e. The van der Waals surface area contributed by atoms with Crippen molar-refractivity contribution in [1.29, 1.82) is 0 Å². The van der Waals surface area contributed by atoms with E-state index in [1.54, 1.807) is 0 Å². The first kappa shape index (κ1) is 17.4. The van der Waals surface area contributed by atoms with Crippen molar-refractivity contribution in [3.63, 3.8) is 0 Å². The van der Waals surface area contributed by atoms with Gasteiger partial charge in [-0.25, -0.2) is 0 Å². The monoisotopic (exact) mass is 330 g/mol. The summed E-state index contributed by atoms with van der Waals surface area (Å²) in [6.45, 7) is 11.1. The summed E-state index contributed by atoms with van der Waals surface area (Å²) in [5.41, 5.74) is 3.35. The van der Waals surface area contributed by atoms with Crippen LogP contribution in [0, 0.1) is 6.92 Å². The third-order valence-electron chi connectivity index (χ3n) is 5.33. The fraction of sp³-hybridized carbons (Fsp3) is 0.632. The highest BCUT2D eigenvalue weighted by atomic mass is 16.2. The molecule has 0 bridgehead atoms. The van der Waals surface area contributed by atoms with Gasteiger partial charge in [-0.2, -0.15) is 0 Å². The van der Waals surface area contributed by atoms with Gasteiger partial charge in [-0.05, 0) is 37.4 Å². The molecule has 2 aliphatic heterocycles. The molecule has 2 heterocycles. The molecule has 5 nitrogen and oxygen atoms in total. The molecule has 1 aromatic carbocycles. The van der Waals surface area contributed by atoms with E-state index in [1.807, 2.05) is 0 Å². The van der Waals surface area contributed by atoms with Gasteiger partial charge in [0.15, 0.2) is 0 Å². The van der Waals surface area contributed by atoms with E-state index < -0.39 is 0 Å². The number of hydrogen-bond donors (Lipinski definition) is 2. The molecule has 1 atom stereocenters. The number of nitrogens with zero attached hydrogens (tertiary/aromatic N) is 2. The molecule has 3 rings (SSSR count). The Labute approximate surface area is 145 Å². The van der Waals surface area contributed by atoms with E-state index in [9.17, 15) is 4.79 Å². The second kappa shape index (κ2) is 8.10. The number of rotatable bonds is 5. The van der Waals surface area contributed by atoms with Gasteiger partial charge in [-0.1, -0.05) is 25.1 Å². The Morgan fingerprint density at radius 1 is 1.29 bits per heavy atom. The number of carbonyl (C=O) groups is 1. The number of hydrogen-bond acceptors (Lipinski definition) is 4. The summed E-state index contributed by atoms with van der Waals surface area (Å²) in [4.78, 5) is 17.3. The lowest BCUT2D eigenvalue weighted by atomic mass is 10.1. The summed E-state index contributed by atoms with van der Waals surface area (Å²) in [5, 5.41) is 6.58. The third-order valence-corrected chi connectivity index (χ3v) is 5.33. The van der Waals surface area contributed by atoms with E-state index in [0.717, 1.165) is 56.9 Å². The highest BCUT2D eigenvalue weighted by Crippen LogP contribution is 2.21. The summed E-state index contributed by atoms with van der Waals surface area (Å²) in [7, 11) is 0. The van der Waals surface area contributed by atoms with Crippen LogP contribution in [0.5, 0.6) is 0 Å². The number of carbonyl (C=O) groups excluding carboxylic acids is 1. The number of para-hydroxylation sites is 1. The molecule has 2 saturated heterocycles. The van der Waals surface area contributed by atoms with Crippen LogP contribution in [0.4, 0.5) is 5.69 Å². The molecule has 1 unspecified atom stereocenters. The molecular weight excluding hydrogens is 300 g/mol. The van der Waals surface area contributed by atoms with Gasteiger partial charge in [0.05, 0.1) is 6.54 Å². The Morgan fingerprint density at radius 2 is 2.08 bits per heavy atom. The van der Waals surface area contributed by atoms with Crippen molar-refractivity contribution in [3.8, 4) is 0 Å².